The first-order valence-electron chi connectivity index (χ1n) is 6.73. The minimum absolute atomic E-state index is 0.0276. The average Bonchev–Trinajstić information content (AvgIpc) is 2.42. The molecule has 0 saturated carbocycles. The summed E-state index contributed by atoms with van der Waals surface area (Å²) < 4.78 is 5.50. The molecule has 5 nitrogen and oxygen atoms in total. The zero-order valence-corrected chi connectivity index (χ0v) is 12.1. The summed E-state index contributed by atoms with van der Waals surface area (Å²) in [7, 11) is 1.75. The summed E-state index contributed by atoms with van der Waals surface area (Å²) in [6.45, 7) is 4.81. The number of hydrogen-bond donors (Lipinski definition) is 0. The van der Waals surface area contributed by atoms with Crippen molar-refractivity contribution in [2.45, 2.75) is 19.9 Å². The van der Waals surface area contributed by atoms with Gasteiger partial charge < -0.3 is 14.5 Å². The Morgan fingerprint density at radius 3 is 2.85 bits per heavy atom. The number of ether oxygens (including phenoxy) is 1. The second-order valence-electron chi connectivity index (χ2n) is 5.13. The predicted molar refractivity (Wildman–Crippen MR) is 75.5 cm³/mol. The van der Waals surface area contributed by atoms with Crippen LogP contribution in [0.25, 0.3) is 0 Å². The third-order valence-corrected chi connectivity index (χ3v) is 3.55. The van der Waals surface area contributed by atoms with Gasteiger partial charge in [0.25, 0.3) is 5.91 Å². The van der Waals surface area contributed by atoms with Gasteiger partial charge in [0.15, 0.2) is 6.61 Å². The molecule has 0 aromatic heterocycles. The number of amides is 2. The number of likely N-dealkylation sites (N-methyl/N-ethyl adjacent to an activating group) is 1. The van der Waals surface area contributed by atoms with Crippen molar-refractivity contribution in [3.05, 3.63) is 29.8 Å². The van der Waals surface area contributed by atoms with E-state index in [2.05, 4.69) is 0 Å². The first kappa shape index (κ1) is 14.4. The van der Waals surface area contributed by atoms with E-state index in [9.17, 15) is 9.59 Å². The van der Waals surface area contributed by atoms with Gasteiger partial charge >= 0.3 is 0 Å². The monoisotopic (exact) mass is 276 g/mol. The van der Waals surface area contributed by atoms with Gasteiger partial charge in [0.1, 0.15) is 11.8 Å². The minimum Gasteiger partial charge on any atom is -0.484 e. The van der Waals surface area contributed by atoms with Crippen LogP contribution in [0.4, 0.5) is 0 Å². The molecule has 2 rings (SSSR count). The van der Waals surface area contributed by atoms with Crippen molar-refractivity contribution in [2.24, 2.45) is 0 Å². The Morgan fingerprint density at radius 2 is 2.15 bits per heavy atom. The van der Waals surface area contributed by atoms with E-state index in [4.69, 9.17) is 4.74 Å². The highest BCUT2D eigenvalue weighted by molar-refractivity contribution is 5.88. The van der Waals surface area contributed by atoms with E-state index in [0.29, 0.717) is 18.8 Å². The number of piperazine rings is 1. The fraction of sp³-hybridized carbons (Fsp3) is 0.467. The molecule has 0 radical (unpaired) electrons. The van der Waals surface area contributed by atoms with Gasteiger partial charge in [-0.05, 0) is 31.5 Å². The molecule has 0 spiro atoms. The molecule has 2 amide bonds. The first-order valence-corrected chi connectivity index (χ1v) is 6.73. The fourth-order valence-corrected chi connectivity index (χ4v) is 2.29. The number of rotatable bonds is 3. The average molecular weight is 276 g/mol. The van der Waals surface area contributed by atoms with Crippen LogP contribution >= 0.6 is 0 Å². The molecule has 1 aromatic rings. The highest BCUT2D eigenvalue weighted by Gasteiger charge is 2.32. The van der Waals surface area contributed by atoms with Gasteiger partial charge in [0.05, 0.1) is 0 Å². The first-order chi connectivity index (χ1) is 9.49. The van der Waals surface area contributed by atoms with Crippen LogP contribution in [0, 0.1) is 6.92 Å². The molecule has 1 aliphatic rings. The summed E-state index contributed by atoms with van der Waals surface area (Å²) >= 11 is 0. The maximum absolute atomic E-state index is 12.1. The maximum atomic E-state index is 12.1. The summed E-state index contributed by atoms with van der Waals surface area (Å²) in [5.41, 5.74) is 1.08. The van der Waals surface area contributed by atoms with Gasteiger partial charge in [-0.15, -0.1) is 0 Å². The van der Waals surface area contributed by atoms with Crippen LogP contribution in [-0.4, -0.2) is 54.4 Å². The lowest BCUT2D eigenvalue weighted by atomic mass is 10.2. The Bertz CT molecular complexity index is 516. The van der Waals surface area contributed by atoms with Crippen molar-refractivity contribution in [2.75, 3.05) is 26.7 Å². The molecule has 108 valence electrons. The molecule has 20 heavy (non-hydrogen) atoms. The molecule has 1 fully saturated rings. The summed E-state index contributed by atoms with van der Waals surface area (Å²) in [5.74, 6) is 0.493. The summed E-state index contributed by atoms with van der Waals surface area (Å²) in [6.07, 6.45) is 0. The lowest BCUT2D eigenvalue weighted by molar-refractivity contribution is -0.150. The quantitative estimate of drug-likeness (QED) is 0.829. The molecule has 1 aromatic carbocycles. The minimum atomic E-state index is -0.414. The third-order valence-electron chi connectivity index (χ3n) is 3.55. The topological polar surface area (TPSA) is 49.9 Å². The molecule has 1 saturated heterocycles. The van der Waals surface area contributed by atoms with Gasteiger partial charge in [-0.1, -0.05) is 12.1 Å². The molecule has 5 heteroatoms. The second kappa shape index (κ2) is 5.94. The Morgan fingerprint density at radius 1 is 1.40 bits per heavy atom. The van der Waals surface area contributed by atoms with Crippen LogP contribution in [0.5, 0.6) is 5.75 Å². The molecule has 1 heterocycles. The Hall–Kier alpha value is -2.04. The van der Waals surface area contributed by atoms with E-state index in [1.165, 1.54) is 0 Å². The van der Waals surface area contributed by atoms with Crippen LogP contribution in [0.15, 0.2) is 24.3 Å². The molecule has 0 N–H and O–H groups in total. The van der Waals surface area contributed by atoms with Crippen molar-refractivity contribution < 1.29 is 14.3 Å². The van der Waals surface area contributed by atoms with E-state index >= 15 is 0 Å². The van der Waals surface area contributed by atoms with E-state index in [1.807, 2.05) is 31.2 Å². The number of aryl methyl sites for hydroxylation is 1. The van der Waals surface area contributed by atoms with E-state index in [-0.39, 0.29) is 18.4 Å². The molecule has 0 aliphatic carbocycles. The normalized spacial score (nSPS) is 19.1. The number of benzene rings is 1. The number of nitrogens with zero attached hydrogens (tertiary/aromatic N) is 2. The van der Waals surface area contributed by atoms with Crippen molar-refractivity contribution in [3.63, 3.8) is 0 Å². The molecule has 0 bridgehead atoms. The van der Waals surface area contributed by atoms with Gasteiger partial charge in [-0.3, -0.25) is 9.59 Å². The summed E-state index contributed by atoms with van der Waals surface area (Å²) in [6, 6.07) is 7.14. The standard InChI is InChI=1S/C15H20N2O3/c1-11-5-4-6-13(9-11)20-10-14(18)17-8-7-16(3)15(19)12(17)2/h4-6,9,12H,7-8,10H2,1-3H3. The maximum Gasteiger partial charge on any atom is 0.261 e. The van der Waals surface area contributed by atoms with E-state index in [0.717, 1.165) is 5.56 Å². The number of hydrogen-bond acceptors (Lipinski definition) is 3. The molecule has 1 aliphatic heterocycles. The van der Waals surface area contributed by atoms with Gasteiger partial charge in [-0.2, -0.15) is 0 Å². The smallest absolute Gasteiger partial charge is 0.261 e. The molecule has 1 unspecified atom stereocenters. The van der Waals surface area contributed by atoms with Crippen LogP contribution < -0.4 is 4.74 Å². The predicted octanol–water partition coefficient (Wildman–Crippen LogP) is 1.06. The Balaban J connectivity index is 1.93. The van der Waals surface area contributed by atoms with E-state index in [1.54, 1.807) is 23.8 Å². The molecular weight excluding hydrogens is 256 g/mol. The number of carbonyl (C=O) groups excluding carboxylic acids is 2. The highest BCUT2D eigenvalue weighted by atomic mass is 16.5. The highest BCUT2D eigenvalue weighted by Crippen LogP contribution is 2.14. The SMILES string of the molecule is Cc1cccc(OCC(=O)N2CCN(C)C(=O)C2C)c1. The van der Waals surface area contributed by atoms with Crippen molar-refractivity contribution >= 4 is 11.8 Å². The largest absolute Gasteiger partial charge is 0.484 e. The molecular formula is C15H20N2O3. The van der Waals surface area contributed by atoms with Crippen molar-refractivity contribution in [1.29, 1.82) is 0 Å². The summed E-state index contributed by atoms with van der Waals surface area (Å²) in [4.78, 5) is 27.2. The second-order valence-corrected chi connectivity index (χ2v) is 5.13. The van der Waals surface area contributed by atoms with Crippen LogP contribution in [0.2, 0.25) is 0 Å². The van der Waals surface area contributed by atoms with Crippen molar-refractivity contribution in [1.82, 2.24) is 9.80 Å². The zero-order chi connectivity index (χ0) is 14.7. The van der Waals surface area contributed by atoms with Crippen molar-refractivity contribution in [3.8, 4) is 5.75 Å². The Labute approximate surface area is 119 Å². The number of carbonyl (C=O) groups is 2. The third kappa shape index (κ3) is 3.10. The lowest BCUT2D eigenvalue weighted by Gasteiger charge is -2.37. The molecule has 1 atom stereocenters. The lowest BCUT2D eigenvalue weighted by Crippen LogP contribution is -2.57. The van der Waals surface area contributed by atoms with Crippen LogP contribution in [0.3, 0.4) is 0 Å². The van der Waals surface area contributed by atoms with Gasteiger partial charge in [0, 0.05) is 20.1 Å². The van der Waals surface area contributed by atoms with Crippen LogP contribution in [0.1, 0.15) is 12.5 Å². The Kier molecular flexibility index (Phi) is 4.27. The summed E-state index contributed by atoms with van der Waals surface area (Å²) in [5, 5.41) is 0. The van der Waals surface area contributed by atoms with E-state index < -0.39 is 6.04 Å². The van der Waals surface area contributed by atoms with Crippen LogP contribution in [-0.2, 0) is 9.59 Å². The fourth-order valence-electron chi connectivity index (χ4n) is 2.29. The zero-order valence-electron chi connectivity index (χ0n) is 12.1. The van der Waals surface area contributed by atoms with Gasteiger partial charge in [-0.25, -0.2) is 0 Å². The van der Waals surface area contributed by atoms with Gasteiger partial charge in [0.2, 0.25) is 5.91 Å².